The number of urea groups is 1. The Balaban J connectivity index is 1.43. The van der Waals surface area contributed by atoms with Crippen LogP contribution in [0.2, 0.25) is 0 Å². The van der Waals surface area contributed by atoms with Gasteiger partial charge < -0.3 is 20.4 Å². The summed E-state index contributed by atoms with van der Waals surface area (Å²) in [6.07, 6.45) is 7.38. The van der Waals surface area contributed by atoms with Gasteiger partial charge in [0, 0.05) is 87.2 Å². The van der Waals surface area contributed by atoms with Crippen molar-refractivity contribution < 1.29 is 4.79 Å². The first-order valence-electron chi connectivity index (χ1n) is 12.4. The van der Waals surface area contributed by atoms with E-state index < -0.39 is 0 Å². The zero-order valence-corrected chi connectivity index (χ0v) is 21.3. The van der Waals surface area contributed by atoms with Gasteiger partial charge in [-0.25, -0.2) is 14.3 Å². The van der Waals surface area contributed by atoms with E-state index in [0.29, 0.717) is 37.3 Å². The first kappa shape index (κ1) is 24.1. The molecule has 11 nitrogen and oxygen atoms in total. The summed E-state index contributed by atoms with van der Waals surface area (Å²) in [6.45, 7) is 8.19. The largest absolute Gasteiger partial charge is 0.381 e. The zero-order chi connectivity index (χ0) is 26.1. The van der Waals surface area contributed by atoms with Gasteiger partial charge in [-0.2, -0.15) is 10.4 Å². The van der Waals surface area contributed by atoms with Gasteiger partial charge in [-0.05, 0) is 32.0 Å². The van der Waals surface area contributed by atoms with Gasteiger partial charge in [0.15, 0.2) is 5.82 Å². The van der Waals surface area contributed by atoms with Gasteiger partial charge in [0.1, 0.15) is 17.5 Å². The Morgan fingerprint density at radius 3 is 2.43 bits per heavy atom. The maximum atomic E-state index is 12.7. The highest BCUT2D eigenvalue weighted by molar-refractivity contribution is 5.90. The second-order valence-corrected chi connectivity index (χ2v) is 9.04. The number of nitrogens with two attached hydrogens (primary N) is 1. The molecule has 1 aliphatic heterocycles. The van der Waals surface area contributed by atoms with E-state index in [4.69, 9.17) is 10.7 Å². The van der Waals surface area contributed by atoms with Crippen molar-refractivity contribution in [3.63, 3.8) is 0 Å². The fourth-order valence-electron chi connectivity index (χ4n) is 4.81. The summed E-state index contributed by atoms with van der Waals surface area (Å²) in [7, 11) is 1.87. The average Bonchev–Trinajstić information content (AvgIpc) is 3.50. The van der Waals surface area contributed by atoms with Crippen molar-refractivity contribution in [2.75, 3.05) is 49.9 Å². The summed E-state index contributed by atoms with van der Waals surface area (Å²) in [4.78, 5) is 23.4. The van der Waals surface area contributed by atoms with Crippen LogP contribution in [0.15, 0.2) is 43.0 Å². The van der Waals surface area contributed by atoms with Crippen LogP contribution in [0, 0.1) is 11.3 Å². The Morgan fingerprint density at radius 1 is 1.08 bits per heavy atom. The van der Waals surface area contributed by atoms with Gasteiger partial charge in [-0.15, -0.1) is 5.10 Å². The molecule has 190 valence electrons. The van der Waals surface area contributed by atoms with Crippen molar-refractivity contribution in [2.45, 2.75) is 13.8 Å². The molecule has 5 rings (SSSR count). The van der Waals surface area contributed by atoms with Crippen molar-refractivity contribution in [3.8, 4) is 28.3 Å². The summed E-state index contributed by atoms with van der Waals surface area (Å²) < 4.78 is 3.40. The van der Waals surface area contributed by atoms with E-state index in [0.717, 1.165) is 41.2 Å². The number of pyridine rings is 2. The molecule has 0 bridgehead atoms. The zero-order valence-electron chi connectivity index (χ0n) is 21.3. The van der Waals surface area contributed by atoms with Crippen LogP contribution in [-0.4, -0.2) is 79.5 Å². The van der Waals surface area contributed by atoms with Crippen molar-refractivity contribution >= 4 is 23.2 Å². The summed E-state index contributed by atoms with van der Waals surface area (Å²) in [5.41, 5.74) is 10.6. The van der Waals surface area contributed by atoms with E-state index in [2.05, 4.69) is 21.2 Å². The third kappa shape index (κ3) is 4.42. The molecule has 1 saturated heterocycles. The van der Waals surface area contributed by atoms with Crippen LogP contribution in [0.3, 0.4) is 0 Å². The van der Waals surface area contributed by atoms with Crippen LogP contribution < -0.4 is 10.6 Å². The predicted molar refractivity (Wildman–Crippen MR) is 142 cm³/mol. The molecule has 1 aliphatic rings. The van der Waals surface area contributed by atoms with Crippen LogP contribution in [-0.2, 0) is 7.05 Å². The number of fused-ring (bicyclic) bond motifs is 1. The van der Waals surface area contributed by atoms with Crippen LogP contribution in [0.25, 0.3) is 27.8 Å². The number of carbonyl (C=O) groups excluding carboxylic acids is 1. The third-order valence-corrected chi connectivity index (χ3v) is 6.87. The maximum Gasteiger partial charge on any atom is 0.320 e. The molecule has 11 heteroatoms. The van der Waals surface area contributed by atoms with Gasteiger partial charge in [0.2, 0.25) is 0 Å². The number of rotatable bonds is 5. The molecule has 1 fully saturated rings. The number of nitriles is 1. The number of aryl methyl sites for hydroxylation is 1. The van der Waals surface area contributed by atoms with Crippen LogP contribution in [0.4, 0.5) is 16.4 Å². The van der Waals surface area contributed by atoms with Crippen LogP contribution >= 0.6 is 0 Å². The number of anilines is 2. The molecular weight excluding hydrogens is 468 g/mol. The maximum absolute atomic E-state index is 12.7. The summed E-state index contributed by atoms with van der Waals surface area (Å²) in [5.74, 6) is 1.04. The van der Waals surface area contributed by atoms with Gasteiger partial charge in [-0.3, -0.25) is 4.68 Å². The first-order chi connectivity index (χ1) is 17.9. The van der Waals surface area contributed by atoms with Gasteiger partial charge in [-0.1, -0.05) is 0 Å². The minimum absolute atomic E-state index is 0.0962. The van der Waals surface area contributed by atoms with Crippen molar-refractivity contribution in [3.05, 3.63) is 48.5 Å². The number of amides is 2. The SMILES string of the molecule is CCN(CC)C(=O)N1CCN(c2ccc(-c3cc(-c4cnn(C)c4)cn4nc(N)c(C#N)c34)cn2)CC1. The van der Waals surface area contributed by atoms with E-state index in [1.165, 1.54) is 0 Å². The molecule has 2 N–H and O–H groups in total. The van der Waals surface area contributed by atoms with Gasteiger partial charge >= 0.3 is 6.03 Å². The number of hydrogen-bond acceptors (Lipinski definition) is 7. The standard InChI is InChI=1S/C26H30N10O/c1-4-33(5-2)26(37)35-10-8-34(9-11-35)23-7-6-18(14-29-23)21-12-19(20-15-30-32(3)16-20)17-36-24(21)22(13-27)25(28)31-36/h6-7,12,14-17H,4-5,8-11H2,1-3H3,(H2,28,31). The Labute approximate surface area is 215 Å². The highest BCUT2D eigenvalue weighted by Gasteiger charge is 2.25. The van der Waals surface area contributed by atoms with E-state index in [-0.39, 0.29) is 11.8 Å². The van der Waals surface area contributed by atoms with E-state index >= 15 is 0 Å². The Kier molecular flexibility index (Phi) is 6.40. The Morgan fingerprint density at radius 2 is 1.84 bits per heavy atom. The van der Waals surface area contributed by atoms with Gasteiger partial charge in [0.05, 0.1) is 11.7 Å². The highest BCUT2D eigenvalue weighted by Crippen LogP contribution is 2.34. The summed E-state index contributed by atoms with van der Waals surface area (Å²) in [5, 5.41) is 18.4. The molecule has 0 saturated carbocycles. The van der Waals surface area contributed by atoms with E-state index in [9.17, 15) is 10.1 Å². The second kappa shape index (κ2) is 9.81. The van der Waals surface area contributed by atoms with Crippen molar-refractivity contribution in [1.82, 2.24) is 34.2 Å². The molecule has 0 unspecified atom stereocenters. The number of carbonyl (C=O) groups is 1. The molecule has 0 aliphatic carbocycles. The normalized spacial score (nSPS) is 13.7. The molecule has 4 aromatic rings. The third-order valence-electron chi connectivity index (χ3n) is 6.87. The Bertz CT molecular complexity index is 1470. The molecule has 0 spiro atoms. The number of hydrogen-bond donors (Lipinski definition) is 1. The fourth-order valence-corrected chi connectivity index (χ4v) is 4.81. The summed E-state index contributed by atoms with van der Waals surface area (Å²) in [6, 6.07) is 8.29. The molecule has 0 atom stereocenters. The lowest BCUT2D eigenvalue weighted by Crippen LogP contribution is -2.53. The topological polar surface area (TPSA) is 125 Å². The number of nitrogen functional groups attached to an aromatic ring is 1. The molecular formula is C26H30N10O. The lowest BCUT2D eigenvalue weighted by molar-refractivity contribution is 0.154. The minimum atomic E-state index is 0.0962. The molecule has 0 radical (unpaired) electrons. The van der Waals surface area contributed by atoms with Crippen molar-refractivity contribution in [1.29, 1.82) is 5.26 Å². The molecule has 5 heterocycles. The van der Waals surface area contributed by atoms with E-state index in [1.807, 2.05) is 67.5 Å². The van der Waals surface area contributed by atoms with Crippen LogP contribution in [0.1, 0.15) is 19.4 Å². The molecule has 4 aromatic heterocycles. The number of aromatic nitrogens is 5. The average molecular weight is 499 g/mol. The number of nitrogens with zero attached hydrogens (tertiary/aromatic N) is 9. The number of piperazine rings is 1. The monoisotopic (exact) mass is 498 g/mol. The Hall–Kier alpha value is -4.59. The summed E-state index contributed by atoms with van der Waals surface area (Å²) >= 11 is 0. The lowest BCUT2D eigenvalue weighted by atomic mass is 10.0. The first-order valence-corrected chi connectivity index (χ1v) is 12.4. The van der Waals surface area contributed by atoms with Crippen molar-refractivity contribution in [2.24, 2.45) is 7.05 Å². The second-order valence-electron chi connectivity index (χ2n) is 9.04. The smallest absolute Gasteiger partial charge is 0.320 e. The quantitative estimate of drug-likeness (QED) is 0.449. The fraction of sp³-hybridized carbons (Fsp3) is 0.346. The highest BCUT2D eigenvalue weighted by atomic mass is 16.2. The molecule has 2 amide bonds. The van der Waals surface area contributed by atoms with E-state index in [1.54, 1.807) is 15.4 Å². The lowest BCUT2D eigenvalue weighted by Gasteiger charge is -2.37. The molecule has 0 aromatic carbocycles. The molecule has 37 heavy (non-hydrogen) atoms. The predicted octanol–water partition coefficient (Wildman–Crippen LogP) is 2.83. The minimum Gasteiger partial charge on any atom is -0.381 e. The van der Waals surface area contributed by atoms with Gasteiger partial charge in [0.25, 0.3) is 0 Å². The van der Waals surface area contributed by atoms with Crippen LogP contribution in [0.5, 0.6) is 0 Å².